The summed E-state index contributed by atoms with van der Waals surface area (Å²) in [5.41, 5.74) is 0.250. The minimum absolute atomic E-state index is 0.136. The molecule has 1 fully saturated rings. The number of alkyl halides is 3. The monoisotopic (exact) mass is 287 g/mol. The van der Waals surface area contributed by atoms with Gasteiger partial charge in [0.05, 0.1) is 12.7 Å². The molecule has 1 aromatic rings. The molecule has 1 atom stereocenters. The third-order valence-electron chi connectivity index (χ3n) is 3.42. The van der Waals surface area contributed by atoms with Crippen LogP contribution in [0.4, 0.5) is 18.9 Å². The fraction of sp³-hybridized carbons (Fsp3) is 0.500. The number of rotatable bonds is 4. The molecule has 0 aromatic heterocycles. The lowest BCUT2D eigenvalue weighted by Gasteiger charge is -2.19. The number of halogens is 3. The maximum Gasteiger partial charge on any atom is 0.416 e. The lowest BCUT2D eigenvalue weighted by Crippen LogP contribution is -2.33. The minimum Gasteiger partial charge on any atom is -0.467 e. The molecule has 6 heteroatoms. The van der Waals surface area contributed by atoms with Gasteiger partial charge in [0.15, 0.2) is 0 Å². The standard InChI is InChI=1S/C14H16F3NO2/c1-8-3-6-10(14(15,16)17)7-11(8)18-12(9-4-5-9)13(19)20-2/h3,6-7,9,12,18H,4-5H2,1-2H3. The highest BCUT2D eigenvalue weighted by Crippen LogP contribution is 2.37. The predicted octanol–water partition coefficient (Wildman–Crippen LogP) is 3.38. The van der Waals surface area contributed by atoms with Crippen LogP contribution in [0.5, 0.6) is 0 Å². The van der Waals surface area contributed by atoms with Crippen LogP contribution in [0, 0.1) is 12.8 Å². The molecule has 0 amide bonds. The first-order valence-electron chi connectivity index (χ1n) is 6.35. The van der Waals surface area contributed by atoms with Crippen molar-refractivity contribution >= 4 is 11.7 Å². The summed E-state index contributed by atoms with van der Waals surface area (Å²) in [7, 11) is 1.28. The molecule has 0 spiro atoms. The second kappa shape index (κ2) is 5.34. The van der Waals surface area contributed by atoms with Gasteiger partial charge < -0.3 is 10.1 Å². The molecule has 0 bridgehead atoms. The molecule has 110 valence electrons. The lowest BCUT2D eigenvalue weighted by atomic mass is 10.1. The Labute approximate surface area is 115 Å². The van der Waals surface area contributed by atoms with E-state index >= 15 is 0 Å². The van der Waals surface area contributed by atoms with Gasteiger partial charge in [-0.1, -0.05) is 6.07 Å². The highest BCUT2D eigenvalue weighted by molar-refractivity contribution is 5.80. The van der Waals surface area contributed by atoms with Crippen molar-refractivity contribution in [3.63, 3.8) is 0 Å². The van der Waals surface area contributed by atoms with Gasteiger partial charge in [0.2, 0.25) is 0 Å². The zero-order valence-electron chi connectivity index (χ0n) is 11.3. The second-order valence-electron chi connectivity index (χ2n) is 5.01. The molecule has 1 aromatic carbocycles. The third kappa shape index (κ3) is 3.23. The summed E-state index contributed by atoms with van der Waals surface area (Å²) < 4.78 is 42.8. The number of hydrogen-bond donors (Lipinski definition) is 1. The Balaban J connectivity index is 2.25. The van der Waals surface area contributed by atoms with Crippen molar-refractivity contribution in [3.8, 4) is 0 Å². The van der Waals surface area contributed by atoms with Gasteiger partial charge in [-0.3, -0.25) is 0 Å². The first kappa shape index (κ1) is 14.7. The average Bonchev–Trinajstić information content (AvgIpc) is 3.19. The number of aryl methyl sites for hydroxylation is 1. The largest absolute Gasteiger partial charge is 0.467 e. The second-order valence-corrected chi connectivity index (χ2v) is 5.01. The molecular formula is C14H16F3NO2. The van der Waals surface area contributed by atoms with Gasteiger partial charge in [0.1, 0.15) is 6.04 Å². The lowest BCUT2D eigenvalue weighted by molar-refractivity contribution is -0.142. The Hall–Kier alpha value is -1.72. The first-order chi connectivity index (χ1) is 9.32. The summed E-state index contributed by atoms with van der Waals surface area (Å²) in [4.78, 5) is 11.7. The van der Waals surface area contributed by atoms with Crippen molar-refractivity contribution in [1.29, 1.82) is 0 Å². The summed E-state index contributed by atoms with van der Waals surface area (Å²) in [6.45, 7) is 1.70. The number of benzene rings is 1. The van der Waals surface area contributed by atoms with Crippen LogP contribution >= 0.6 is 0 Å². The Morgan fingerprint density at radius 1 is 1.40 bits per heavy atom. The van der Waals surface area contributed by atoms with Crippen molar-refractivity contribution in [3.05, 3.63) is 29.3 Å². The quantitative estimate of drug-likeness (QED) is 0.863. The Morgan fingerprint density at radius 3 is 2.55 bits per heavy atom. The van der Waals surface area contributed by atoms with E-state index in [0.717, 1.165) is 25.0 Å². The molecule has 3 nitrogen and oxygen atoms in total. The van der Waals surface area contributed by atoms with Gasteiger partial charge in [-0.15, -0.1) is 0 Å². The van der Waals surface area contributed by atoms with Crippen molar-refractivity contribution < 1.29 is 22.7 Å². The molecule has 0 aliphatic heterocycles. The van der Waals surface area contributed by atoms with Crippen LogP contribution in [-0.4, -0.2) is 19.1 Å². The van der Waals surface area contributed by atoms with Gasteiger partial charge in [-0.2, -0.15) is 13.2 Å². The molecule has 0 saturated heterocycles. The predicted molar refractivity (Wildman–Crippen MR) is 68.3 cm³/mol. The molecule has 1 unspecified atom stereocenters. The fourth-order valence-electron chi connectivity index (χ4n) is 2.05. The van der Waals surface area contributed by atoms with E-state index < -0.39 is 23.8 Å². The normalized spacial score (nSPS) is 16.6. The van der Waals surface area contributed by atoms with E-state index in [2.05, 4.69) is 5.32 Å². The number of esters is 1. The summed E-state index contributed by atoms with van der Waals surface area (Å²) in [6, 6.07) is 2.88. The first-order valence-corrected chi connectivity index (χ1v) is 6.35. The number of anilines is 1. The topological polar surface area (TPSA) is 38.3 Å². The van der Waals surface area contributed by atoms with Crippen molar-refractivity contribution in [2.45, 2.75) is 32.0 Å². The molecule has 2 rings (SSSR count). The van der Waals surface area contributed by atoms with Gasteiger partial charge in [0.25, 0.3) is 0 Å². The number of carbonyl (C=O) groups is 1. The van der Waals surface area contributed by atoms with E-state index in [0.29, 0.717) is 11.3 Å². The van der Waals surface area contributed by atoms with Gasteiger partial charge >= 0.3 is 12.1 Å². The van der Waals surface area contributed by atoms with E-state index in [4.69, 9.17) is 4.74 Å². The van der Waals surface area contributed by atoms with Crippen LogP contribution in [-0.2, 0) is 15.7 Å². The number of carbonyl (C=O) groups excluding carboxylic acids is 1. The Bertz CT molecular complexity index is 510. The molecular weight excluding hydrogens is 271 g/mol. The molecule has 0 radical (unpaired) electrons. The van der Waals surface area contributed by atoms with E-state index in [1.807, 2.05) is 0 Å². The number of nitrogens with one attached hydrogen (secondary N) is 1. The molecule has 1 aliphatic carbocycles. The van der Waals surface area contributed by atoms with E-state index in [1.165, 1.54) is 13.2 Å². The van der Waals surface area contributed by atoms with Crippen LogP contribution in [0.3, 0.4) is 0 Å². The molecule has 1 N–H and O–H groups in total. The van der Waals surface area contributed by atoms with Crippen LogP contribution in [0.25, 0.3) is 0 Å². The summed E-state index contributed by atoms with van der Waals surface area (Å²) in [5.74, 6) is -0.305. The third-order valence-corrected chi connectivity index (χ3v) is 3.42. The SMILES string of the molecule is COC(=O)C(Nc1cc(C(F)(F)F)ccc1C)C1CC1. The average molecular weight is 287 g/mol. The summed E-state index contributed by atoms with van der Waals surface area (Å²) >= 11 is 0. The van der Waals surface area contributed by atoms with Gasteiger partial charge in [-0.25, -0.2) is 4.79 Å². The number of ether oxygens (including phenoxy) is 1. The summed E-state index contributed by atoms with van der Waals surface area (Å²) in [6.07, 6.45) is -2.64. The molecule has 0 heterocycles. The van der Waals surface area contributed by atoms with Crippen LogP contribution in [0.15, 0.2) is 18.2 Å². The van der Waals surface area contributed by atoms with E-state index in [9.17, 15) is 18.0 Å². The van der Waals surface area contributed by atoms with E-state index in [-0.39, 0.29) is 5.92 Å². The van der Waals surface area contributed by atoms with Gasteiger partial charge in [-0.05, 0) is 43.4 Å². The maximum absolute atomic E-state index is 12.7. The van der Waals surface area contributed by atoms with Crippen molar-refractivity contribution in [2.24, 2.45) is 5.92 Å². The minimum atomic E-state index is -4.40. The van der Waals surface area contributed by atoms with Crippen LogP contribution in [0.2, 0.25) is 0 Å². The highest BCUT2D eigenvalue weighted by atomic mass is 19.4. The van der Waals surface area contributed by atoms with E-state index in [1.54, 1.807) is 6.92 Å². The smallest absolute Gasteiger partial charge is 0.416 e. The maximum atomic E-state index is 12.7. The van der Waals surface area contributed by atoms with Crippen LogP contribution < -0.4 is 5.32 Å². The molecule has 1 saturated carbocycles. The Morgan fingerprint density at radius 2 is 2.05 bits per heavy atom. The van der Waals surface area contributed by atoms with Crippen molar-refractivity contribution in [2.75, 3.05) is 12.4 Å². The number of hydrogen-bond acceptors (Lipinski definition) is 3. The molecule has 1 aliphatic rings. The fourth-order valence-corrected chi connectivity index (χ4v) is 2.05. The summed E-state index contributed by atoms with van der Waals surface area (Å²) in [5, 5.41) is 2.90. The van der Waals surface area contributed by atoms with Crippen LogP contribution in [0.1, 0.15) is 24.0 Å². The van der Waals surface area contributed by atoms with Crippen molar-refractivity contribution in [1.82, 2.24) is 0 Å². The Kier molecular flexibility index (Phi) is 3.92. The number of methoxy groups -OCH3 is 1. The van der Waals surface area contributed by atoms with Gasteiger partial charge in [0, 0.05) is 5.69 Å². The highest BCUT2D eigenvalue weighted by Gasteiger charge is 2.38. The molecule has 20 heavy (non-hydrogen) atoms. The zero-order valence-corrected chi connectivity index (χ0v) is 11.3. The zero-order chi connectivity index (χ0) is 14.9.